The minimum absolute atomic E-state index is 0.0127. The molecule has 1 aromatic carbocycles. The van der Waals surface area contributed by atoms with Crippen LogP contribution >= 0.6 is 0 Å². The van der Waals surface area contributed by atoms with Gasteiger partial charge in [0.2, 0.25) is 11.8 Å². The lowest BCUT2D eigenvalue weighted by Crippen LogP contribution is -2.32. The van der Waals surface area contributed by atoms with Crippen LogP contribution in [0.3, 0.4) is 0 Å². The Balaban J connectivity index is 1.41. The molecule has 3 heterocycles. The first-order chi connectivity index (χ1) is 12.2. The molecule has 0 radical (unpaired) electrons. The van der Waals surface area contributed by atoms with Crippen LogP contribution in [0.2, 0.25) is 0 Å². The van der Waals surface area contributed by atoms with Crippen LogP contribution in [0.15, 0.2) is 28.8 Å². The number of fused-ring (bicyclic) bond motifs is 1. The van der Waals surface area contributed by atoms with E-state index in [4.69, 9.17) is 4.52 Å². The monoisotopic (exact) mass is 340 g/mol. The second-order valence-corrected chi connectivity index (χ2v) is 5.89. The molecule has 1 aliphatic rings. The van der Waals surface area contributed by atoms with Crippen LogP contribution in [0.1, 0.15) is 41.0 Å². The molecule has 1 unspecified atom stereocenters. The van der Waals surface area contributed by atoms with Crippen LogP contribution in [0, 0.1) is 0 Å². The lowest BCUT2D eigenvalue weighted by molar-refractivity contribution is -0.122. The number of para-hydroxylation sites is 1. The molecule has 0 spiro atoms. The summed E-state index contributed by atoms with van der Waals surface area (Å²) in [6.45, 7) is 0.711. The fourth-order valence-electron chi connectivity index (χ4n) is 2.89. The largest absolute Gasteiger partial charge is 0.356 e. The number of benzene rings is 1. The summed E-state index contributed by atoms with van der Waals surface area (Å²) in [6.07, 6.45) is 1.13. The molecule has 2 aromatic heterocycles. The van der Waals surface area contributed by atoms with Gasteiger partial charge < -0.3 is 15.2 Å². The number of hydrogen-bond donors (Lipinski definition) is 3. The molecule has 128 valence electrons. The van der Waals surface area contributed by atoms with Crippen molar-refractivity contribution in [2.24, 2.45) is 0 Å². The van der Waals surface area contributed by atoms with Crippen molar-refractivity contribution in [3.05, 3.63) is 41.7 Å². The quantitative estimate of drug-likeness (QED) is 0.647. The molecule has 0 bridgehead atoms. The number of H-pyrrole nitrogens is 1. The standard InChI is InChI=1S/C16H16N6O3/c23-12-7-9(5-6-17-12)15-19-13(25-22-15)8-18-16(24)14-10-3-1-2-4-11(10)20-21-14/h1-4,9H,5-8H2,(H,17,23)(H,18,24)(H,20,21). The number of aromatic amines is 1. The molecular weight excluding hydrogens is 324 g/mol. The summed E-state index contributed by atoms with van der Waals surface area (Å²) in [7, 11) is 0. The number of hydrogen-bond acceptors (Lipinski definition) is 6. The van der Waals surface area contributed by atoms with Gasteiger partial charge in [-0.3, -0.25) is 14.7 Å². The highest BCUT2D eigenvalue weighted by Gasteiger charge is 2.25. The fourth-order valence-corrected chi connectivity index (χ4v) is 2.89. The molecule has 0 saturated carbocycles. The van der Waals surface area contributed by atoms with Gasteiger partial charge in [0, 0.05) is 24.3 Å². The highest BCUT2D eigenvalue weighted by atomic mass is 16.5. The molecule has 1 atom stereocenters. The van der Waals surface area contributed by atoms with Gasteiger partial charge in [0.15, 0.2) is 11.5 Å². The minimum atomic E-state index is -0.325. The summed E-state index contributed by atoms with van der Waals surface area (Å²) < 4.78 is 5.17. The van der Waals surface area contributed by atoms with Gasteiger partial charge in [-0.1, -0.05) is 23.4 Å². The summed E-state index contributed by atoms with van der Waals surface area (Å²) in [5, 5.41) is 17.0. The van der Waals surface area contributed by atoms with Crippen LogP contribution in [0.25, 0.3) is 10.9 Å². The number of nitrogens with zero attached hydrogens (tertiary/aromatic N) is 3. The van der Waals surface area contributed by atoms with Crippen LogP contribution < -0.4 is 10.6 Å². The predicted octanol–water partition coefficient (Wildman–Crippen LogP) is 0.869. The van der Waals surface area contributed by atoms with Crippen LogP contribution in [0.4, 0.5) is 0 Å². The van der Waals surface area contributed by atoms with E-state index in [0.717, 1.165) is 17.3 Å². The van der Waals surface area contributed by atoms with Gasteiger partial charge in [-0.2, -0.15) is 10.1 Å². The van der Waals surface area contributed by atoms with Gasteiger partial charge >= 0.3 is 0 Å². The zero-order valence-corrected chi connectivity index (χ0v) is 13.3. The van der Waals surface area contributed by atoms with Crippen molar-refractivity contribution in [2.45, 2.75) is 25.3 Å². The number of piperidine rings is 1. The van der Waals surface area contributed by atoms with E-state index in [1.165, 1.54) is 0 Å². The van der Waals surface area contributed by atoms with Crippen molar-refractivity contribution in [1.82, 2.24) is 31.0 Å². The molecule has 0 aliphatic carbocycles. The third-order valence-corrected chi connectivity index (χ3v) is 4.18. The van der Waals surface area contributed by atoms with Crippen molar-refractivity contribution in [1.29, 1.82) is 0 Å². The number of rotatable bonds is 4. The summed E-state index contributed by atoms with van der Waals surface area (Å²) in [4.78, 5) is 28.0. The molecular formula is C16H16N6O3. The Morgan fingerprint density at radius 3 is 3.12 bits per heavy atom. The molecule has 1 aliphatic heterocycles. The molecule has 3 N–H and O–H groups in total. The normalized spacial score (nSPS) is 17.4. The van der Waals surface area contributed by atoms with Gasteiger partial charge in [-0.05, 0) is 12.5 Å². The zero-order valence-electron chi connectivity index (χ0n) is 13.3. The van der Waals surface area contributed by atoms with E-state index in [1.807, 2.05) is 24.3 Å². The number of carbonyl (C=O) groups is 2. The number of nitrogens with one attached hydrogen (secondary N) is 3. The van der Waals surface area contributed by atoms with Gasteiger partial charge in [-0.15, -0.1) is 0 Å². The number of carbonyl (C=O) groups excluding carboxylic acids is 2. The molecule has 4 rings (SSSR count). The number of aromatic nitrogens is 4. The van der Waals surface area contributed by atoms with Gasteiger partial charge in [0.25, 0.3) is 5.91 Å². The van der Waals surface area contributed by atoms with Crippen molar-refractivity contribution in [3.63, 3.8) is 0 Å². The SMILES string of the molecule is O=C1CC(c2noc(CNC(=O)c3n[nH]c4ccccc34)n2)CCN1. The second kappa shape index (κ2) is 6.34. The molecule has 1 saturated heterocycles. The van der Waals surface area contributed by atoms with E-state index in [-0.39, 0.29) is 24.3 Å². The first kappa shape index (κ1) is 15.3. The molecule has 9 nitrogen and oxygen atoms in total. The Morgan fingerprint density at radius 2 is 2.24 bits per heavy atom. The number of amides is 2. The lowest BCUT2D eigenvalue weighted by atomic mass is 9.97. The third kappa shape index (κ3) is 3.08. The molecule has 25 heavy (non-hydrogen) atoms. The van der Waals surface area contributed by atoms with Gasteiger partial charge in [-0.25, -0.2) is 0 Å². The molecule has 3 aromatic rings. The van der Waals surface area contributed by atoms with Crippen LogP contribution in [0.5, 0.6) is 0 Å². The topological polar surface area (TPSA) is 126 Å². The summed E-state index contributed by atoms with van der Waals surface area (Å²) in [5.41, 5.74) is 1.11. The van der Waals surface area contributed by atoms with Crippen molar-refractivity contribution >= 4 is 22.7 Å². The Bertz CT molecular complexity index is 931. The zero-order chi connectivity index (χ0) is 17.2. The van der Waals surface area contributed by atoms with E-state index in [1.54, 1.807) is 0 Å². The van der Waals surface area contributed by atoms with Crippen LogP contribution in [-0.2, 0) is 11.3 Å². The lowest BCUT2D eigenvalue weighted by Gasteiger charge is -2.18. The average Bonchev–Trinajstić information content (AvgIpc) is 3.27. The van der Waals surface area contributed by atoms with E-state index in [0.29, 0.717) is 30.4 Å². The third-order valence-electron chi connectivity index (χ3n) is 4.18. The highest BCUT2D eigenvalue weighted by molar-refractivity contribution is 6.04. The molecule has 2 amide bonds. The van der Waals surface area contributed by atoms with Crippen molar-refractivity contribution < 1.29 is 14.1 Å². The Morgan fingerprint density at radius 1 is 1.36 bits per heavy atom. The fraction of sp³-hybridized carbons (Fsp3) is 0.312. The molecule has 9 heteroatoms. The van der Waals surface area contributed by atoms with Gasteiger partial charge in [0.1, 0.15) is 0 Å². The average molecular weight is 340 g/mol. The molecule has 1 fully saturated rings. The predicted molar refractivity (Wildman–Crippen MR) is 86.5 cm³/mol. The van der Waals surface area contributed by atoms with Crippen LogP contribution in [-0.4, -0.2) is 38.7 Å². The Kier molecular flexibility index (Phi) is 3.88. The highest BCUT2D eigenvalue weighted by Crippen LogP contribution is 2.23. The van der Waals surface area contributed by atoms with E-state index < -0.39 is 0 Å². The summed E-state index contributed by atoms with van der Waals surface area (Å²) in [5.74, 6) is 0.422. The maximum Gasteiger partial charge on any atom is 0.272 e. The first-order valence-electron chi connectivity index (χ1n) is 8.01. The second-order valence-electron chi connectivity index (χ2n) is 5.89. The summed E-state index contributed by atoms with van der Waals surface area (Å²) in [6, 6.07) is 7.39. The minimum Gasteiger partial charge on any atom is -0.356 e. The van der Waals surface area contributed by atoms with E-state index in [9.17, 15) is 9.59 Å². The van der Waals surface area contributed by atoms with E-state index in [2.05, 4.69) is 31.0 Å². The smallest absolute Gasteiger partial charge is 0.272 e. The Hall–Kier alpha value is -3.23. The maximum absolute atomic E-state index is 12.3. The van der Waals surface area contributed by atoms with E-state index >= 15 is 0 Å². The maximum atomic E-state index is 12.3. The van der Waals surface area contributed by atoms with Crippen molar-refractivity contribution in [3.8, 4) is 0 Å². The Labute approximate surface area is 142 Å². The van der Waals surface area contributed by atoms with Gasteiger partial charge in [0.05, 0.1) is 12.1 Å². The first-order valence-corrected chi connectivity index (χ1v) is 8.01. The van der Waals surface area contributed by atoms with Crippen molar-refractivity contribution in [2.75, 3.05) is 6.54 Å². The summed E-state index contributed by atoms with van der Waals surface area (Å²) >= 11 is 0.